The molecule has 0 atom stereocenters. The zero-order valence-electron chi connectivity index (χ0n) is 8.93. The number of halogens is 1. The molecule has 0 radical (unpaired) electrons. The number of hydrogen-bond donors (Lipinski definition) is 1. The first-order valence-electron chi connectivity index (χ1n) is 4.29. The molecule has 0 aliphatic heterocycles. The number of nitrogens with zero attached hydrogens (tertiary/aromatic N) is 1. The second-order valence-electron chi connectivity index (χ2n) is 3.10. The third-order valence-electron chi connectivity index (χ3n) is 1.99. The van der Waals surface area contributed by atoms with Gasteiger partial charge in [-0.05, 0) is 13.0 Å². The van der Waals surface area contributed by atoms with Crippen molar-refractivity contribution in [3.05, 3.63) is 32.8 Å². The van der Waals surface area contributed by atoms with Crippen LogP contribution in [0.4, 0.5) is 5.69 Å². The van der Waals surface area contributed by atoms with Crippen LogP contribution < -0.4 is 4.89 Å². The molecule has 1 aromatic rings. The fourth-order valence-electron chi connectivity index (χ4n) is 1.14. The van der Waals surface area contributed by atoms with Crippen LogP contribution in [0.5, 0.6) is 0 Å². The molecule has 7 nitrogen and oxygen atoms in total. The highest BCUT2D eigenvalue weighted by atomic mass is 35.5. The highest BCUT2D eigenvalue weighted by molar-refractivity contribution is 7.89. The van der Waals surface area contributed by atoms with Gasteiger partial charge in [-0.25, -0.2) is 8.42 Å². The van der Waals surface area contributed by atoms with Gasteiger partial charge in [-0.15, -0.1) is 0 Å². The van der Waals surface area contributed by atoms with E-state index in [2.05, 4.69) is 4.84 Å². The Morgan fingerprint density at radius 1 is 1.47 bits per heavy atom. The number of hydrogen-bond acceptors (Lipinski definition) is 5. The number of nitro benzene ring substituents is 1. The summed E-state index contributed by atoms with van der Waals surface area (Å²) in [5.74, 6) is 0. The van der Waals surface area contributed by atoms with Crippen LogP contribution in [-0.2, 0) is 14.9 Å². The van der Waals surface area contributed by atoms with Gasteiger partial charge >= 0.3 is 0 Å². The van der Waals surface area contributed by atoms with E-state index >= 15 is 0 Å². The number of rotatable bonds is 4. The van der Waals surface area contributed by atoms with Crippen molar-refractivity contribution in [2.45, 2.75) is 11.8 Å². The van der Waals surface area contributed by atoms with E-state index in [1.165, 1.54) is 6.92 Å². The molecule has 0 saturated heterocycles. The average Bonchev–Trinajstić information content (AvgIpc) is 2.21. The lowest BCUT2D eigenvalue weighted by Crippen LogP contribution is -2.22. The lowest BCUT2D eigenvalue weighted by molar-refractivity contribution is -0.385. The summed E-state index contributed by atoms with van der Waals surface area (Å²) < 4.78 is 23.1. The minimum absolute atomic E-state index is 0.00400. The Hall–Kier alpha value is -1.22. The molecule has 0 aromatic heterocycles. The largest absolute Gasteiger partial charge is 0.290 e. The van der Waals surface area contributed by atoms with Gasteiger partial charge in [-0.1, -0.05) is 16.5 Å². The van der Waals surface area contributed by atoms with Crippen molar-refractivity contribution in [3.8, 4) is 0 Å². The van der Waals surface area contributed by atoms with Crippen LogP contribution >= 0.6 is 11.6 Å². The number of benzene rings is 1. The van der Waals surface area contributed by atoms with Gasteiger partial charge in [0.15, 0.2) is 0 Å². The predicted molar refractivity (Wildman–Crippen MR) is 60.2 cm³/mol. The van der Waals surface area contributed by atoms with E-state index in [0.29, 0.717) is 0 Å². The Labute approximate surface area is 102 Å². The van der Waals surface area contributed by atoms with Gasteiger partial charge in [0.25, 0.3) is 15.7 Å². The Morgan fingerprint density at radius 3 is 2.53 bits per heavy atom. The summed E-state index contributed by atoms with van der Waals surface area (Å²) in [6, 6.07) is 2.04. The van der Waals surface area contributed by atoms with Crippen LogP contribution in [-0.4, -0.2) is 20.5 Å². The zero-order valence-corrected chi connectivity index (χ0v) is 10.5. The molecular formula is C8H9ClN2O5S. The number of sulfonamides is 1. The quantitative estimate of drug-likeness (QED) is 0.664. The second kappa shape index (κ2) is 4.96. The van der Waals surface area contributed by atoms with Crippen LogP contribution in [0.2, 0.25) is 5.02 Å². The molecule has 0 saturated carbocycles. The van der Waals surface area contributed by atoms with E-state index in [9.17, 15) is 18.5 Å². The number of nitro groups is 1. The molecule has 94 valence electrons. The van der Waals surface area contributed by atoms with Gasteiger partial charge in [0.2, 0.25) is 0 Å². The number of nitrogens with one attached hydrogen (secondary N) is 1. The maximum Gasteiger partial charge on any atom is 0.275 e. The molecule has 0 aliphatic rings. The third-order valence-corrected chi connectivity index (χ3v) is 3.63. The first kappa shape index (κ1) is 13.8. The lowest BCUT2D eigenvalue weighted by Gasteiger charge is -2.06. The first-order chi connectivity index (χ1) is 7.79. The average molecular weight is 281 g/mol. The summed E-state index contributed by atoms with van der Waals surface area (Å²) in [5, 5.41) is 10.7. The summed E-state index contributed by atoms with van der Waals surface area (Å²) in [6.45, 7) is 1.43. The minimum atomic E-state index is -3.97. The SMILES string of the molecule is CONS(=O)(=O)c1cc(Cl)c(C)c([N+](=O)[O-])c1. The Bertz CT molecular complexity index is 557. The molecule has 1 aromatic carbocycles. The standard InChI is InChI=1S/C8H9ClN2O5S/c1-5-7(9)3-6(4-8(5)11(12)13)17(14,15)10-16-2/h3-4,10H,1-2H3. The van der Waals surface area contributed by atoms with Crippen molar-refractivity contribution in [1.29, 1.82) is 0 Å². The molecule has 0 amide bonds. The van der Waals surface area contributed by atoms with Gasteiger partial charge in [0, 0.05) is 11.6 Å². The van der Waals surface area contributed by atoms with Crippen molar-refractivity contribution in [2.75, 3.05) is 7.11 Å². The molecular weight excluding hydrogens is 272 g/mol. The van der Waals surface area contributed by atoms with Gasteiger partial charge in [0.05, 0.1) is 22.0 Å². The van der Waals surface area contributed by atoms with Gasteiger partial charge in [-0.2, -0.15) is 0 Å². The maximum atomic E-state index is 11.6. The molecule has 9 heteroatoms. The highest BCUT2D eigenvalue weighted by Crippen LogP contribution is 2.29. The van der Waals surface area contributed by atoms with Crippen molar-refractivity contribution in [2.24, 2.45) is 0 Å². The van der Waals surface area contributed by atoms with Gasteiger partial charge in [0.1, 0.15) is 0 Å². The maximum absolute atomic E-state index is 11.6. The van der Waals surface area contributed by atoms with Gasteiger partial charge < -0.3 is 0 Å². The Morgan fingerprint density at radius 2 is 2.06 bits per heavy atom. The van der Waals surface area contributed by atoms with E-state index in [0.717, 1.165) is 19.2 Å². The first-order valence-corrected chi connectivity index (χ1v) is 6.15. The van der Waals surface area contributed by atoms with Crippen LogP contribution in [0.15, 0.2) is 17.0 Å². The molecule has 0 heterocycles. The van der Waals surface area contributed by atoms with E-state index in [1.54, 1.807) is 4.89 Å². The summed E-state index contributed by atoms with van der Waals surface area (Å²) in [5.41, 5.74) is -0.165. The highest BCUT2D eigenvalue weighted by Gasteiger charge is 2.22. The molecule has 1 rings (SSSR count). The fraction of sp³-hybridized carbons (Fsp3) is 0.250. The van der Waals surface area contributed by atoms with E-state index < -0.39 is 14.9 Å². The summed E-state index contributed by atoms with van der Waals surface area (Å²) in [7, 11) is -2.85. The van der Waals surface area contributed by atoms with E-state index in [4.69, 9.17) is 11.6 Å². The second-order valence-corrected chi connectivity index (χ2v) is 5.15. The molecule has 1 N–H and O–H groups in total. The minimum Gasteiger partial charge on any atom is -0.290 e. The summed E-state index contributed by atoms with van der Waals surface area (Å²) in [6.07, 6.45) is 0. The van der Waals surface area contributed by atoms with Gasteiger partial charge in [-0.3, -0.25) is 15.0 Å². The van der Waals surface area contributed by atoms with E-state index in [1.807, 2.05) is 0 Å². The van der Waals surface area contributed by atoms with Crippen LogP contribution in [0.3, 0.4) is 0 Å². The Kier molecular flexibility index (Phi) is 4.04. The predicted octanol–water partition coefficient (Wildman–Crippen LogP) is 1.40. The topological polar surface area (TPSA) is 98.5 Å². The van der Waals surface area contributed by atoms with Crippen LogP contribution in [0.25, 0.3) is 0 Å². The zero-order chi connectivity index (χ0) is 13.2. The van der Waals surface area contributed by atoms with Crippen molar-refractivity contribution in [1.82, 2.24) is 4.89 Å². The van der Waals surface area contributed by atoms with Crippen molar-refractivity contribution >= 4 is 27.3 Å². The Balaban J connectivity index is 3.44. The molecule has 0 unspecified atom stereocenters. The van der Waals surface area contributed by atoms with Crippen LogP contribution in [0.1, 0.15) is 5.56 Å². The van der Waals surface area contributed by atoms with Crippen molar-refractivity contribution < 1.29 is 18.2 Å². The monoisotopic (exact) mass is 280 g/mol. The molecule has 0 aliphatic carbocycles. The normalized spacial score (nSPS) is 11.5. The third kappa shape index (κ3) is 2.91. The summed E-state index contributed by atoms with van der Waals surface area (Å²) in [4.78, 5) is 15.7. The molecule has 0 fully saturated rings. The fourth-order valence-corrected chi connectivity index (χ4v) is 2.28. The van der Waals surface area contributed by atoms with Crippen molar-refractivity contribution in [3.63, 3.8) is 0 Å². The molecule has 17 heavy (non-hydrogen) atoms. The molecule has 0 bridgehead atoms. The lowest BCUT2D eigenvalue weighted by atomic mass is 10.2. The van der Waals surface area contributed by atoms with Crippen LogP contribution in [0, 0.1) is 17.0 Å². The van der Waals surface area contributed by atoms with E-state index in [-0.39, 0.29) is 21.2 Å². The summed E-state index contributed by atoms with van der Waals surface area (Å²) >= 11 is 5.73. The molecule has 0 spiro atoms. The smallest absolute Gasteiger partial charge is 0.275 e.